The van der Waals surface area contributed by atoms with Crippen LogP contribution in [-0.2, 0) is 25.4 Å². The summed E-state index contributed by atoms with van der Waals surface area (Å²) in [5.41, 5.74) is -0.958. The molecule has 0 spiro atoms. The van der Waals surface area contributed by atoms with Gasteiger partial charge in [0.25, 0.3) is 0 Å². The Bertz CT molecular complexity index is 1130. The average molecular weight is 506 g/mol. The van der Waals surface area contributed by atoms with Gasteiger partial charge in [0, 0.05) is 11.2 Å². The predicted molar refractivity (Wildman–Crippen MR) is 120 cm³/mol. The minimum absolute atomic E-state index is 0.00449. The highest BCUT2D eigenvalue weighted by Crippen LogP contribution is 2.37. The Kier molecular flexibility index (Phi) is 10.2. The Morgan fingerprint density at radius 3 is 2.51 bits per heavy atom. The van der Waals surface area contributed by atoms with E-state index in [1.54, 1.807) is 6.92 Å². The first-order valence-electron chi connectivity index (χ1n) is 10.3. The monoisotopic (exact) mass is 506 g/mol. The zero-order valence-corrected chi connectivity index (χ0v) is 20.0. The fraction of sp³-hybridized carbons (Fsp3) is 0.381. The number of benzene rings is 1. The second-order valence-electron chi connectivity index (χ2n) is 6.68. The van der Waals surface area contributed by atoms with Crippen LogP contribution in [0.4, 0.5) is 5.69 Å². The van der Waals surface area contributed by atoms with E-state index in [2.05, 4.69) is 9.97 Å². The van der Waals surface area contributed by atoms with Crippen LogP contribution in [0, 0.1) is 21.4 Å². The molecule has 2 rings (SSSR count). The molecule has 0 aliphatic rings. The van der Waals surface area contributed by atoms with Crippen LogP contribution in [0.15, 0.2) is 23.4 Å². The zero-order valence-electron chi connectivity index (χ0n) is 19.1. The molecule has 0 bridgehead atoms. The highest BCUT2D eigenvalue weighted by atomic mass is 32.2. The molecule has 13 nitrogen and oxygen atoms in total. The molecule has 186 valence electrons. The van der Waals surface area contributed by atoms with Crippen LogP contribution in [0.2, 0.25) is 0 Å². The molecule has 14 heteroatoms. The van der Waals surface area contributed by atoms with Crippen LogP contribution in [0.25, 0.3) is 0 Å². The summed E-state index contributed by atoms with van der Waals surface area (Å²) in [6.45, 7) is 3.00. The van der Waals surface area contributed by atoms with E-state index in [9.17, 15) is 29.5 Å². The van der Waals surface area contributed by atoms with Crippen molar-refractivity contribution in [3.63, 3.8) is 0 Å². The van der Waals surface area contributed by atoms with Crippen LogP contribution < -0.4 is 9.47 Å². The van der Waals surface area contributed by atoms with Crippen molar-refractivity contribution in [1.82, 2.24) is 9.97 Å². The Balaban J connectivity index is 2.48. The fourth-order valence-electron chi connectivity index (χ4n) is 2.53. The van der Waals surface area contributed by atoms with E-state index < -0.39 is 52.1 Å². The molecule has 0 saturated heterocycles. The molecule has 0 N–H and O–H groups in total. The van der Waals surface area contributed by atoms with Gasteiger partial charge in [0.15, 0.2) is 6.61 Å². The minimum atomic E-state index is -1.81. The van der Waals surface area contributed by atoms with Gasteiger partial charge in [-0.2, -0.15) is 5.26 Å². The van der Waals surface area contributed by atoms with Crippen LogP contribution >= 0.6 is 0 Å². The van der Waals surface area contributed by atoms with Crippen molar-refractivity contribution in [2.75, 3.05) is 26.1 Å². The van der Waals surface area contributed by atoms with Gasteiger partial charge in [-0.05, 0) is 31.5 Å². The first kappa shape index (κ1) is 27.3. The number of carbonyl (C=O) groups excluding carboxylic acids is 2. The largest absolute Gasteiger partial charge is 0.609 e. The Hall–Kier alpha value is -3.96. The quantitative estimate of drug-likeness (QED) is 0.102. The Labute approximate surface area is 203 Å². The molecule has 0 aliphatic heterocycles. The third-order valence-electron chi connectivity index (χ3n) is 4.15. The standard InChI is InChI=1S/C21H22N4O9S/c1-4-6-9-32-20(27)15-10-14(8-7-13(15)11-22)34-19-17(25(28)29)18(23-21(24-19)35(3)30)33-12-16(26)31-5-2/h7-8,10H,4-6,9,12H2,1-3H3. The summed E-state index contributed by atoms with van der Waals surface area (Å²) in [7, 11) is 0. The van der Waals surface area contributed by atoms with Crippen LogP contribution in [0.3, 0.4) is 0 Å². The third kappa shape index (κ3) is 7.52. The van der Waals surface area contributed by atoms with E-state index in [0.29, 0.717) is 6.42 Å². The van der Waals surface area contributed by atoms with Crippen molar-refractivity contribution < 1.29 is 38.0 Å². The van der Waals surface area contributed by atoms with E-state index in [1.807, 2.05) is 13.0 Å². The van der Waals surface area contributed by atoms with Gasteiger partial charge in [-0.25, -0.2) is 9.59 Å². The molecule has 0 fully saturated rings. The van der Waals surface area contributed by atoms with Crippen molar-refractivity contribution in [2.45, 2.75) is 31.8 Å². The first-order chi connectivity index (χ1) is 16.7. The van der Waals surface area contributed by atoms with Gasteiger partial charge in [0.2, 0.25) is 0 Å². The van der Waals surface area contributed by atoms with Crippen LogP contribution in [0.5, 0.6) is 17.5 Å². The molecule has 1 aromatic carbocycles. The number of nitro groups is 1. The molecule has 35 heavy (non-hydrogen) atoms. The maximum atomic E-state index is 12.4. The third-order valence-corrected chi connectivity index (χ3v) is 4.85. The molecule has 1 atom stereocenters. The summed E-state index contributed by atoms with van der Waals surface area (Å²) >= 11 is -1.81. The van der Waals surface area contributed by atoms with Gasteiger partial charge in [0.1, 0.15) is 18.1 Å². The molecule has 2 aromatic rings. The lowest BCUT2D eigenvalue weighted by Gasteiger charge is -2.12. The van der Waals surface area contributed by atoms with E-state index in [4.69, 9.17) is 18.9 Å². The minimum Gasteiger partial charge on any atom is -0.609 e. The number of nitriles is 1. The average Bonchev–Trinajstić information content (AvgIpc) is 2.82. The van der Waals surface area contributed by atoms with Gasteiger partial charge in [-0.3, -0.25) is 10.1 Å². The summed E-state index contributed by atoms with van der Waals surface area (Å²) in [5.74, 6) is -2.99. The first-order valence-corrected chi connectivity index (χ1v) is 11.8. The van der Waals surface area contributed by atoms with E-state index in [-0.39, 0.29) is 35.2 Å². The number of hydrogen-bond donors (Lipinski definition) is 0. The normalized spacial score (nSPS) is 11.2. The van der Waals surface area contributed by atoms with Gasteiger partial charge < -0.3 is 23.5 Å². The van der Waals surface area contributed by atoms with Crippen LogP contribution in [0.1, 0.15) is 42.6 Å². The number of ether oxygens (including phenoxy) is 4. The van der Waals surface area contributed by atoms with Crippen molar-refractivity contribution in [3.8, 4) is 23.6 Å². The van der Waals surface area contributed by atoms with Crippen molar-refractivity contribution >= 4 is 28.8 Å². The highest BCUT2D eigenvalue weighted by molar-refractivity contribution is 7.90. The number of hydrogen-bond acceptors (Lipinski definition) is 12. The van der Waals surface area contributed by atoms with E-state index in [0.717, 1.165) is 6.42 Å². The van der Waals surface area contributed by atoms with E-state index in [1.165, 1.54) is 24.5 Å². The molecule has 0 radical (unpaired) electrons. The molecule has 1 unspecified atom stereocenters. The smallest absolute Gasteiger partial charge is 0.393 e. The molecule has 1 aromatic heterocycles. The molecule has 0 saturated carbocycles. The number of unbranched alkanes of at least 4 members (excludes halogenated alkanes) is 1. The number of nitrogens with zero attached hydrogens (tertiary/aromatic N) is 4. The number of carbonyl (C=O) groups is 2. The number of rotatable bonds is 12. The summed E-state index contributed by atoms with van der Waals surface area (Å²) in [6, 6.07) is 5.59. The van der Waals surface area contributed by atoms with Crippen molar-refractivity contribution in [2.24, 2.45) is 0 Å². The van der Waals surface area contributed by atoms with Crippen LogP contribution in [-0.4, -0.2) is 57.5 Å². The Morgan fingerprint density at radius 1 is 1.20 bits per heavy atom. The lowest BCUT2D eigenvalue weighted by atomic mass is 10.1. The second-order valence-corrected chi connectivity index (χ2v) is 7.95. The fourth-order valence-corrected chi connectivity index (χ4v) is 2.96. The lowest BCUT2D eigenvalue weighted by Crippen LogP contribution is -2.17. The Morgan fingerprint density at radius 2 is 1.91 bits per heavy atom. The summed E-state index contributed by atoms with van der Waals surface area (Å²) < 4.78 is 32.5. The molecule has 1 heterocycles. The summed E-state index contributed by atoms with van der Waals surface area (Å²) in [6.07, 6.45) is 2.65. The zero-order chi connectivity index (χ0) is 26.0. The number of esters is 2. The second kappa shape index (κ2) is 13.1. The molecular formula is C21H22N4O9S. The summed E-state index contributed by atoms with van der Waals surface area (Å²) in [5, 5.41) is 20.7. The van der Waals surface area contributed by atoms with Gasteiger partial charge >= 0.3 is 34.5 Å². The van der Waals surface area contributed by atoms with Crippen molar-refractivity contribution in [1.29, 1.82) is 5.26 Å². The molecule has 0 aliphatic carbocycles. The van der Waals surface area contributed by atoms with Crippen molar-refractivity contribution in [3.05, 3.63) is 39.4 Å². The SMILES string of the molecule is CCCCOC(=O)c1cc(Oc2nc([S+](C)[O-])nc(OCC(=O)OCC)c2[N+](=O)[O-])ccc1C#N. The summed E-state index contributed by atoms with van der Waals surface area (Å²) in [4.78, 5) is 42.5. The maximum absolute atomic E-state index is 12.4. The van der Waals surface area contributed by atoms with Gasteiger partial charge in [-0.15, -0.1) is 9.97 Å². The van der Waals surface area contributed by atoms with E-state index >= 15 is 0 Å². The number of aromatic nitrogens is 2. The van der Waals surface area contributed by atoms with Gasteiger partial charge in [0.05, 0.1) is 29.3 Å². The molecule has 0 amide bonds. The topological polar surface area (TPSA) is 187 Å². The predicted octanol–water partition coefficient (Wildman–Crippen LogP) is 2.68. The highest BCUT2D eigenvalue weighted by Gasteiger charge is 2.32. The van der Waals surface area contributed by atoms with Gasteiger partial charge in [-0.1, -0.05) is 13.3 Å². The maximum Gasteiger partial charge on any atom is 0.393 e. The molecular weight excluding hydrogens is 484 g/mol. The lowest BCUT2D eigenvalue weighted by molar-refractivity contribution is -0.387.